The molecule has 0 saturated heterocycles. The van der Waals surface area contributed by atoms with Crippen LogP contribution in [0.1, 0.15) is 19.4 Å². The number of amides is 1. The number of rotatable bonds is 5. The van der Waals surface area contributed by atoms with Gasteiger partial charge in [0.15, 0.2) is 5.96 Å². The summed E-state index contributed by atoms with van der Waals surface area (Å²) in [4.78, 5) is 15.3. The number of benzene rings is 1. The number of hydrogen-bond donors (Lipinski definition) is 3. The van der Waals surface area contributed by atoms with Crippen LogP contribution in [0.25, 0.3) is 0 Å². The van der Waals surface area contributed by atoms with Crippen molar-refractivity contribution in [2.75, 3.05) is 11.9 Å². The number of hydrogen-bond acceptors (Lipinski definition) is 2. The first-order valence-electron chi connectivity index (χ1n) is 6.67. The Balaban J connectivity index is 2.52. The van der Waals surface area contributed by atoms with Crippen LogP contribution in [0.2, 0.25) is 0 Å². The van der Waals surface area contributed by atoms with Gasteiger partial charge in [0.1, 0.15) is 6.54 Å². The Labute approximate surface area is 126 Å². The van der Waals surface area contributed by atoms with Crippen LogP contribution in [0.5, 0.6) is 0 Å². The van der Waals surface area contributed by atoms with E-state index in [1.165, 1.54) is 0 Å². The molecule has 4 N–H and O–H groups in total. The minimum Gasteiger partial charge on any atom is -0.370 e. The predicted octanol–water partition coefficient (Wildman–Crippen LogP) is 2.25. The van der Waals surface area contributed by atoms with Crippen LogP contribution in [0.15, 0.2) is 29.3 Å². The molecule has 22 heavy (non-hydrogen) atoms. The SMILES string of the molecule is CC(C)C(=O)Nc1ccc(CN=C(N)NCC(F)(F)F)cc1. The number of alkyl halides is 3. The summed E-state index contributed by atoms with van der Waals surface area (Å²) in [6.07, 6.45) is -4.34. The van der Waals surface area contributed by atoms with Gasteiger partial charge in [0.25, 0.3) is 0 Å². The molecular weight excluding hydrogens is 297 g/mol. The normalized spacial score (nSPS) is 12.4. The fourth-order valence-electron chi connectivity index (χ4n) is 1.40. The van der Waals surface area contributed by atoms with Crippen LogP contribution >= 0.6 is 0 Å². The first-order chi connectivity index (χ1) is 10.2. The molecule has 0 aliphatic carbocycles. The average molecular weight is 316 g/mol. The first-order valence-corrected chi connectivity index (χ1v) is 6.67. The lowest BCUT2D eigenvalue weighted by Gasteiger charge is -2.09. The number of carbonyl (C=O) groups is 1. The molecule has 0 fully saturated rings. The zero-order valence-electron chi connectivity index (χ0n) is 12.4. The van der Waals surface area contributed by atoms with Crippen molar-refractivity contribution in [3.63, 3.8) is 0 Å². The maximum Gasteiger partial charge on any atom is 0.405 e. The summed E-state index contributed by atoms with van der Waals surface area (Å²) in [6.45, 7) is 2.50. The van der Waals surface area contributed by atoms with Crippen LogP contribution in [-0.2, 0) is 11.3 Å². The summed E-state index contributed by atoms with van der Waals surface area (Å²) in [7, 11) is 0. The van der Waals surface area contributed by atoms with Crippen molar-refractivity contribution in [1.82, 2.24) is 5.32 Å². The van der Waals surface area contributed by atoms with Crippen molar-refractivity contribution in [2.24, 2.45) is 16.6 Å². The van der Waals surface area contributed by atoms with Gasteiger partial charge in [0.05, 0.1) is 6.54 Å². The maximum absolute atomic E-state index is 12.0. The number of nitrogens with one attached hydrogen (secondary N) is 2. The summed E-state index contributed by atoms with van der Waals surface area (Å²) in [5.41, 5.74) is 6.75. The van der Waals surface area contributed by atoms with Crippen molar-refractivity contribution in [3.05, 3.63) is 29.8 Å². The molecule has 1 amide bonds. The lowest BCUT2D eigenvalue weighted by Crippen LogP contribution is -2.38. The monoisotopic (exact) mass is 316 g/mol. The second-order valence-corrected chi connectivity index (χ2v) is 5.01. The number of aliphatic imine (C=N–C) groups is 1. The molecule has 1 aromatic rings. The second kappa shape index (κ2) is 7.67. The summed E-state index contributed by atoms with van der Waals surface area (Å²) in [5.74, 6) is -0.482. The smallest absolute Gasteiger partial charge is 0.370 e. The van der Waals surface area contributed by atoms with Crippen LogP contribution in [-0.4, -0.2) is 24.6 Å². The van der Waals surface area contributed by atoms with Crippen molar-refractivity contribution in [1.29, 1.82) is 0 Å². The molecule has 0 aliphatic heterocycles. The fourth-order valence-corrected chi connectivity index (χ4v) is 1.40. The second-order valence-electron chi connectivity index (χ2n) is 5.01. The molecule has 5 nitrogen and oxygen atoms in total. The highest BCUT2D eigenvalue weighted by Crippen LogP contribution is 2.13. The number of nitrogens with zero attached hydrogens (tertiary/aromatic N) is 1. The number of carbonyl (C=O) groups excluding carboxylic acids is 1. The van der Waals surface area contributed by atoms with E-state index in [1.54, 1.807) is 38.1 Å². The van der Waals surface area contributed by atoms with E-state index >= 15 is 0 Å². The molecule has 0 unspecified atom stereocenters. The van der Waals surface area contributed by atoms with Gasteiger partial charge in [-0.15, -0.1) is 0 Å². The number of nitrogens with two attached hydrogens (primary N) is 1. The minimum absolute atomic E-state index is 0.0913. The Morgan fingerprint density at radius 3 is 2.36 bits per heavy atom. The summed E-state index contributed by atoms with van der Waals surface area (Å²) in [6, 6.07) is 6.84. The number of halogens is 3. The lowest BCUT2D eigenvalue weighted by molar-refractivity contribution is -0.122. The van der Waals surface area contributed by atoms with Crippen LogP contribution in [0.3, 0.4) is 0 Å². The molecule has 0 spiro atoms. The maximum atomic E-state index is 12.0. The van der Waals surface area contributed by atoms with E-state index in [1.807, 2.05) is 5.32 Å². The third kappa shape index (κ3) is 6.96. The van der Waals surface area contributed by atoms with E-state index in [-0.39, 0.29) is 24.3 Å². The van der Waals surface area contributed by atoms with Crippen LogP contribution in [0, 0.1) is 5.92 Å². The molecule has 0 saturated carbocycles. The largest absolute Gasteiger partial charge is 0.405 e. The number of guanidine groups is 1. The Morgan fingerprint density at radius 1 is 1.27 bits per heavy atom. The third-order valence-corrected chi connectivity index (χ3v) is 2.65. The number of anilines is 1. The van der Waals surface area contributed by atoms with E-state index < -0.39 is 12.7 Å². The molecule has 0 aliphatic rings. The summed E-state index contributed by atoms with van der Waals surface area (Å²) in [5, 5.41) is 4.72. The van der Waals surface area contributed by atoms with Gasteiger partial charge in [-0.25, -0.2) is 4.99 Å². The van der Waals surface area contributed by atoms with E-state index in [4.69, 9.17) is 5.73 Å². The van der Waals surface area contributed by atoms with Crippen LogP contribution < -0.4 is 16.4 Å². The Kier molecular flexibility index (Phi) is 6.21. The highest BCUT2D eigenvalue weighted by Gasteiger charge is 2.26. The van der Waals surface area contributed by atoms with Gasteiger partial charge in [0, 0.05) is 11.6 Å². The Hall–Kier alpha value is -2.25. The first kappa shape index (κ1) is 17.8. The standard InChI is InChI=1S/C14H19F3N4O/c1-9(2)12(22)21-11-5-3-10(4-6-11)7-19-13(18)20-8-14(15,16)17/h3-6,9H,7-8H2,1-2H3,(H,21,22)(H3,18,19,20). The summed E-state index contributed by atoms with van der Waals surface area (Å²) < 4.78 is 35.9. The molecule has 0 aromatic heterocycles. The Morgan fingerprint density at radius 2 is 1.86 bits per heavy atom. The van der Waals surface area contributed by atoms with E-state index in [2.05, 4.69) is 10.3 Å². The predicted molar refractivity (Wildman–Crippen MR) is 79.3 cm³/mol. The van der Waals surface area contributed by atoms with Gasteiger partial charge in [-0.3, -0.25) is 4.79 Å². The third-order valence-electron chi connectivity index (χ3n) is 2.65. The van der Waals surface area contributed by atoms with E-state index in [0.29, 0.717) is 5.69 Å². The minimum atomic E-state index is -4.34. The van der Waals surface area contributed by atoms with Crippen LogP contribution in [0.4, 0.5) is 18.9 Å². The molecule has 0 atom stereocenters. The van der Waals surface area contributed by atoms with Gasteiger partial charge < -0.3 is 16.4 Å². The molecular formula is C14H19F3N4O. The van der Waals surface area contributed by atoms with E-state index in [0.717, 1.165) is 5.56 Å². The van der Waals surface area contributed by atoms with Gasteiger partial charge in [0.2, 0.25) is 5.91 Å². The zero-order valence-corrected chi connectivity index (χ0v) is 12.4. The molecule has 1 aromatic carbocycles. The molecule has 0 heterocycles. The summed E-state index contributed by atoms with van der Waals surface area (Å²) >= 11 is 0. The molecule has 122 valence electrons. The van der Waals surface area contributed by atoms with Crippen molar-refractivity contribution in [2.45, 2.75) is 26.6 Å². The van der Waals surface area contributed by atoms with E-state index in [9.17, 15) is 18.0 Å². The zero-order chi connectivity index (χ0) is 16.8. The topological polar surface area (TPSA) is 79.5 Å². The fraction of sp³-hybridized carbons (Fsp3) is 0.429. The quantitative estimate of drug-likeness (QED) is 0.576. The van der Waals surface area contributed by atoms with Gasteiger partial charge >= 0.3 is 6.18 Å². The van der Waals surface area contributed by atoms with Gasteiger partial charge in [-0.05, 0) is 17.7 Å². The highest BCUT2D eigenvalue weighted by atomic mass is 19.4. The molecule has 8 heteroatoms. The van der Waals surface area contributed by atoms with Gasteiger partial charge in [-0.2, -0.15) is 13.2 Å². The Bertz CT molecular complexity index is 524. The van der Waals surface area contributed by atoms with Crippen molar-refractivity contribution < 1.29 is 18.0 Å². The van der Waals surface area contributed by atoms with Crippen molar-refractivity contribution >= 4 is 17.6 Å². The molecule has 0 bridgehead atoms. The molecule has 1 rings (SSSR count). The lowest BCUT2D eigenvalue weighted by atomic mass is 10.2. The average Bonchev–Trinajstić information content (AvgIpc) is 2.43. The van der Waals surface area contributed by atoms with Gasteiger partial charge in [-0.1, -0.05) is 26.0 Å². The molecule has 0 radical (unpaired) electrons. The highest BCUT2D eigenvalue weighted by molar-refractivity contribution is 5.92. The van der Waals surface area contributed by atoms with Crippen molar-refractivity contribution in [3.8, 4) is 0 Å².